The van der Waals surface area contributed by atoms with Gasteiger partial charge in [-0.3, -0.25) is 0 Å². The predicted octanol–water partition coefficient (Wildman–Crippen LogP) is 5.35. The number of aromatic nitrogens is 3. The van der Waals surface area contributed by atoms with Crippen LogP contribution in [0.2, 0.25) is 5.02 Å². The average Bonchev–Trinajstić information content (AvgIpc) is 3.08. The molecule has 2 aromatic carbocycles. The van der Waals surface area contributed by atoms with Crippen LogP contribution in [0.25, 0.3) is 11.0 Å². The third kappa shape index (κ3) is 4.40. The lowest BCUT2D eigenvalue weighted by molar-refractivity contribution is -0.0312. The van der Waals surface area contributed by atoms with E-state index in [9.17, 15) is 4.39 Å². The van der Waals surface area contributed by atoms with Gasteiger partial charge in [0.25, 0.3) is 0 Å². The number of imidazole rings is 1. The number of rotatable bonds is 7. The number of nitrogens with zero attached hydrogens (tertiary/aromatic N) is 3. The Morgan fingerprint density at radius 3 is 2.72 bits per heavy atom. The number of benzene rings is 2. The molecule has 0 atom stereocenters. The molecule has 3 heterocycles. The molecule has 1 aliphatic rings. The number of ether oxygens (including phenoxy) is 2. The summed E-state index contributed by atoms with van der Waals surface area (Å²) >= 11 is 5.81. The second kappa shape index (κ2) is 8.76. The van der Waals surface area contributed by atoms with Crippen LogP contribution in [-0.4, -0.2) is 27.7 Å². The highest BCUT2D eigenvalue weighted by atomic mass is 35.5. The molecule has 4 aromatic rings. The largest absolute Gasteiger partial charge is 0.436 e. The third-order valence-electron chi connectivity index (χ3n) is 5.54. The zero-order valence-corrected chi connectivity index (χ0v) is 18.3. The molecule has 1 fully saturated rings. The zero-order chi connectivity index (χ0) is 22.1. The minimum Gasteiger partial charge on any atom is -0.436 e. The molecule has 0 amide bonds. The van der Waals surface area contributed by atoms with Crippen molar-refractivity contribution in [1.29, 1.82) is 0 Å². The molecule has 0 bridgehead atoms. The Morgan fingerprint density at radius 1 is 1.16 bits per heavy atom. The first kappa shape index (κ1) is 20.7. The van der Waals surface area contributed by atoms with Crippen molar-refractivity contribution in [3.8, 4) is 11.6 Å². The summed E-state index contributed by atoms with van der Waals surface area (Å²) in [5, 5.41) is 3.79. The summed E-state index contributed by atoms with van der Waals surface area (Å²) in [5.41, 5.74) is 4.05. The molecule has 1 saturated heterocycles. The Hall–Kier alpha value is -3.16. The summed E-state index contributed by atoms with van der Waals surface area (Å²) in [7, 11) is 1.98. The molecule has 164 valence electrons. The minimum atomic E-state index is -0.462. The van der Waals surface area contributed by atoms with Gasteiger partial charge in [-0.15, -0.1) is 0 Å². The molecule has 8 heteroatoms. The Kier molecular flexibility index (Phi) is 5.68. The van der Waals surface area contributed by atoms with Gasteiger partial charge in [0, 0.05) is 31.8 Å². The molecule has 2 aromatic heterocycles. The quantitative estimate of drug-likeness (QED) is 0.409. The fourth-order valence-electron chi connectivity index (χ4n) is 3.71. The van der Waals surface area contributed by atoms with Crippen molar-refractivity contribution < 1.29 is 13.9 Å². The van der Waals surface area contributed by atoms with E-state index >= 15 is 0 Å². The SMILES string of the molecule is Cn1c(NCc2ccc(Oc3ccc(Cl)cn3)c(F)c2)nc2ccc(CC3COC3)cc21. The van der Waals surface area contributed by atoms with Crippen molar-refractivity contribution in [3.05, 3.63) is 76.7 Å². The summed E-state index contributed by atoms with van der Waals surface area (Å²) in [6.45, 7) is 2.11. The molecule has 1 N–H and O–H groups in total. The number of fused-ring (bicyclic) bond motifs is 1. The molecule has 0 aliphatic carbocycles. The Morgan fingerprint density at radius 2 is 2.00 bits per heavy atom. The highest BCUT2D eigenvalue weighted by Gasteiger charge is 2.19. The number of anilines is 1. The first-order chi connectivity index (χ1) is 15.5. The van der Waals surface area contributed by atoms with Crippen molar-refractivity contribution in [2.75, 3.05) is 18.5 Å². The molecule has 0 unspecified atom stereocenters. The summed E-state index contributed by atoms with van der Waals surface area (Å²) in [6.07, 6.45) is 2.47. The Bertz CT molecular complexity index is 1260. The molecule has 0 radical (unpaired) electrons. The van der Waals surface area contributed by atoms with Crippen LogP contribution in [0.15, 0.2) is 54.7 Å². The highest BCUT2D eigenvalue weighted by molar-refractivity contribution is 6.30. The summed E-state index contributed by atoms with van der Waals surface area (Å²) in [5.74, 6) is 1.26. The van der Waals surface area contributed by atoms with Crippen LogP contribution in [-0.2, 0) is 24.8 Å². The van der Waals surface area contributed by atoms with E-state index in [-0.39, 0.29) is 11.6 Å². The number of nitrogens with one attached hydrogen (secondary N) is 1. The van der Waals surface area contributed by atoms with Crippen LogP contribution in [0.4, 0.5) is 10.3 Å². The molecule has 5 rings (SSSR count). The van der Waals surface area contributed by atoms with E-state index in [1.165, 1.54) is 17.8 Å². The van der Waals surface area contributed by atoms with E-state index in [1.807, 2.05) is 23.7 Å². The maximum absolute atomic E-state index is 14.5. The smallest absolute Gasteiger partial charge is 0.219 e. The number of aryl methyl sites for hydroxylation is 1. The van der Waals surface area contributed by atoms with Gasteiger partial charge in [0.05, 0.1) is 29.3 Å². The van der Waals surface area contributed by atoms with Gasteiger partial charge in [0.15, 0.2) is 11.6 Å². The fourth-order valence-corrected chi connectivity index (χ4v) is 3.82. The van der Waals surface area contributed by atoms with Crippen LogP contribution in [0, 0.1) is 11.7 Å². The topological polar surface area (TPSA) is 61.2 Å². The monoisotopic (exact) mass is 452 g/mol. The predicted molar refractivity (Wildman–Crippen MR) is 122 cm³/mol. The maximum atomic E-state index is 14.5. The first-order valence-corrected chi connectivity index (χ1v) is 10.8. The van der Waals surface area contributed by atoms with Gasteiger partial charge in [-0.1, -0.05) is 23.7 Å². The zero-order valence-electron chi connectivity index (χ0n) is 17.5. The van der Waals surface area contributed by atoms with Gasteiger partial charge >= 0.3 is 0 Å². The number of pyridine rings is 1. The van der Waals surface area contributed by atoms with Crippen molar-refractivity contribution in [3.63, 3.8) is 0 Å². The Labute approximate surface area is 190 Å². The summed E-state index contributed by atoms with van der Waals surface area (Å²) in [4.78, 5) is 8.70. The number of hydrogen-bond acceptors (Lipinski definition) is 5. The van der Waals surface area contributed by atoms with Gasteiger partial charge < -0.3 is 19.4 Å². The van der Waals surface area contributed by atoms with E-state index in [4.69, 9.17) is 21.1 Å². The molecule has 0 spiro atoms. The second-order valence-corrected chi connectivity index (χ2v) is 8.40. The van der Waals surface area contributed by atoms with Crippen LogP contribution < -0.4 is 10.1 Å². The van der Waals surface area contributed by atoms with Gasteiger partial charge in [0.1, 0.15) is 0 Å². The fraction of sp³-hybridized carbons (Fsp3) is 0.250. The molecule has 0 saturated carbocycles. The number of hydrogen-bond donors (Lipinski definition) is 1. The summed E-state index contributed by atoms with van der Waals surface area (Å²) < 4.78 is 27.3. The lowest BCUT2D eigenvalue weighted by atomic mass is 9.98. The number of halogens is 2. The van der Waals surface area contributed by atoms with Crippen LogP contribution in [0.5, 0.6) is 11.6 Å². The standard InChI is InChI=1S/C24H22ClFN4O2/c1-30-21-10-15(8-17-13-31-14-17)2-5-20(21)29-24(30)28-11-16-3-6-22(19(26)9-16)32-23-7-4-18(25)12-27-23/h2-7,9-10,12,17H,8,11,13-14H2,1H3,(H,28,29). The van der Waals surface area contributed by atoms with Gasteiger partial charge in [-0.05, 0) is 47.9 Å². The molecule has 32 heavy (non-hydrogen) atoms. The van der Waals surface area contributed by atoms with E-state index in [2.05, 4.69) is 27.4 Å². The lowest BCUT2D eigenvalue weighted by Crippen LogP contribution is -2.29. The molecule has 6 nitrogen and oxygen atoms in total. The molecular weight excluding hydrogens is 431 g/mol. The molecular formula is C24H22ClFN4O2. The van der Waals surface area contributed by atoms with E-state index in [0.29, 0.717) is 17.5 Å². The van der Waals surface area contributed by atoms with Gasteiger partial charge in [0.2, 0.25) is 11.8 Å². The van der Waals surface area contributed by atoms with Crippen molar-refractivity contribution in [2.45, 2.75) is 13.0 Å². The van der Waals surface area contributed by atoms with Crippen LogP contribution in [0.1, 0.15) is 11.1 Å². The van der Waals surface area contributed by atoms with E-state index in [0.717, 1.165) is 42.2 Å². The van der Waals surface area contributed by atoms with Crippen molar-refractivity contribution in [1.82, 2.24) is 14.5 Å². The summed E-state index contributed by atoms with van der Waals surface area (Å²) in [6, 6.07) is 14.4. The molecule has 1 aliphatic heterocycles. The van der Waals surface area contributed by atoms with Crippen LogP contribution in [0.3, 0.4) is 0 Å². The van der Waals surface area contributed by atoms with E-state index < -0.39 is 5.82 Å². The van der Waals surface area contributed by atoms with Gasteiger partial charge in [-0.25, -0.2) is 14.4 Å². The minimum absolute atomic E-state index is 0.107. The van der Waals surface area contributed by atoms with Crippen molar-refractivity contribution >= 4 is 28.6 Å². The third-order valence-corrected chi connectivity index (χ3v) is 5.76. The average molecular weight is 453 g/mol. The van der Waals surface area contributed by atoms with Crippen LogP contribution >= 0.6 is 11.6 Å². The highest BCUT2D eigenvalue weighted by Crippen LogP contribution is 2.26. The maximum Gasteiger partial charge on any atom is 0.219 e. The second-order valence-electron chi connectivity index (χ2n) is 7.96. The van der Waals surface area contributed by atoms with Gasteiger partial charge in [-0.2, -0.15) is 0 Å². The van der Waals surface area contributed by atoms with Crippen molar-refractivity contribution in [2.24, 2.45) is 13.0 Å². The first-order valence-electron chi connectivity index (χ1n) is 10.4. The lowest BCUT2D eigenvalue weighted by Gasteiger charge is -2.25. The normalized spacial score (nSPS) is 13.8. The Balaban J connectivity index is 1.27. The van der Waals surface area contributed by atoms with E-state index in [1.54, 1.807) is 18.2 Å².